The Balaban J connectivity index is 1.37. The van der Waals surface area contributed by atoms with Gasteiger partial charge in [-0.2, -0.15) is 0 Å². The number of amides is 2. The van der Waals surface area contributed by atoms with E-state index in [0.29, 0.717) is 42.3 Å². The van der Waals surface area contributed by atoms with Crippen molar-refractivity contribution in [1.82, 2.24) is 10.2 Å². The number of hydrogen-bond donors (Lipinski definition) is 2. The summed E-state index contributed by atoms with van der Waals surface area (Å²) < 4.78 is 0. The highest BCUT2D eigenvalue weighted by atomic mass is 35.5. The lowest BCUT2D eigenvalue weighted by atomic mass is 9.92. The van der Waals surface area contributed by atoms with Gasteiger partial charge in [0.05, 0.1) is 22.0 Å². The highest BCUT2D eigenvalue weighted by molar-refractivity contribution is 8.00. The first-order chi connectivity index (χ1) is 13.1. The number of fused-ring (bicyclic) bond motifs is 1. The number of thioether (sulfide) groups is 1. The molecule has 0 aromatic heterocycles. The Morgan fingerprint density at radius 3 is 2.56 bits per heavy atom. The maximum Gasteiger partial charge on any atom is 0.256 e. The van der Waals surface area contributed by atoms with Gasteiger partial charge in [0.2, 0.25) is 5.91 Å². The van der Waals surface area contributed by atoms with Crippen molar-refractivity contribution in [1.29, 1.82) is 0 Å². The molecule has 0 saturated carbocycles. The molecule has 1 saturated heterocycles. The van der Waals surface area contributed by atoms with Gasteiger partial charge < -0.3 is 15.5 Å². The first-order valence-corrected chi connectivity index (χ1v) is 10.3. The second-order valence-corrected chi connectivity index (χ2v) is 8.26. The molecule has 140 valence electrons. The van der Waals surface area contributed by atoms with Gasteiger partial charge in [-0.3, -0.25) is 9.59 Å². The standard InChI is InChI=1S/C20H20ClN3O2S/c21-15-7-4-8-16-18(15)19(26)23-20(22-16)9-11-24(12-10-20)17(25)13-27-14-5-2-1-3-6-14/h1-8,22H,9-13H2,(H,23,26). The zero-order valence-electron chi connectivity index (χ0n) is 14.7. The number of rotatable bonds is 3. The maximum atomic E-state index is 12.5. The number of hydrogen-bond acceptors (Lipinski definition) is 4. The van der Waals surface area contributed by atoms with Crippen molar-refractivity contribution in [2.75, 3.05) is 24.2 Å². The van der Waals surface area contributed by atoms with Gasteiger partial charge in [0.25, 0.3) is 5.91 Å². The predicted octanol–water partition coefficient (Wildman–Crippen LogP) is 3.61. The molecule has 0 aliphatic carbocycles. The van der Waals surface area contributed by atoms with E-state index in [4.69, 9.17) is 11.6 Å². The normalized spacial score (nSPS) is 17.8. The minimum absolute atomic E-state index is 0.129. The Morgan fingerprint density at radius 1 is 1.07 bits per heavy atom. The topological polar surface area (TPSA) is 61.4 Å². The summed E-state index contributed by atoms with van der Waals surface area (Å²) in [4.78, 5) is 28.0. The Bertz CT molecular complexity index is 867. The summed E-state index contributed by atoms with van der Waals surface area (Å²) in [5.74, 6) is 0.396. The molecule has 2 aliphatic rings. The van der Waals surface area contributed by atoms with E-state index < -0.39 is 5.66 Å². The van der Waals surface area contributed by atoms with Gasteiger partial charge in [0.1, 0.15) is 5.66 Å². The molecule has 0 atom stereocenters. The first kappa shape index (κ1) is 18.2. The van der Waals surface area contributed by atoms with Crippen molar-refractivity contribution in [2.24, 2.45) is 0 Å². The highest BCUT2D eigenvalue weighted by Gasteiger charge is 2.41. The molecular formula is C20H20ClN3O2S. The molecule has 0 bridgehead atoms. The lowest BCUT2D eigenvalue weighted by Crippen LogP contribution is -2.62. The van der Waals surface area contributed by atoms with Crippen LogP contribution in [-0.2, 0) is 4.79 Å². The number of nitrogens with one attached hydrogen (secondary N) is 2. The third kappa shape index (κ3) is 3.77. The van der Waals surface area contributed by atoms with Crippen molar-refractivity contribution in [3.8, 4) is 0 Å². The van der Waals surface area contributed by atoms with Gasteiger partial charge in [0.15, 0.2) is 0 Å². The molecule has 2 aromatic rings. The van der Waals surface area contributed by atoms with Crippen LogP contribution >= 0.6 is 23.4 Å². The monoisotopic (exact) mass is 401 g/mol. The summed E-state index contributed by atoms with van der Waals surface area (Å²) >= 11 is 7.71. The van der Waals surface area contributed by atoms with E-state index in [1.54, 1.807) is 17.8 Å². The fraction of sp³-hybridized carbons (Fsp3) is 0.300. The Labute approximate surface area is 167 Å². The van der Waals surface area contributed by atoms with Gasteiger partial charge in [-0.25, -0.2) is 0 Å². The number of likely N-dealkylation sites (tertiary alicyclic amines) is 1. The fourth-order valence-electron chi connectivity index (χ4n) is 3.57. The van der Waals surface area contributed by atoms with Crippen LogP contribution in [0.5, 0.6) is 0 Å². The number of carbonyl (C=O) groups is 2. The van der Waals surface area contributed by atoms with E-state index in [2.05, 4.69) is 10.6 Å². The van der Waals surface area contributed by atoms with E-state index in [0.717, 1.165) is 10.6 Å². The molecule has 1 fully saturated rings. The molecule has 5 nitrogen and oxygen atoms in total. The van der Waals surface area contributed by atoms with Crippen LogP contribution < -0.4 is 10.6 Å². The Hall–Kier alpha value is -2.18. The SMILES string of the molecule is O=C1NC2(CCN(C(=O)CSc3ccccc3)CC2)Nc2cccc(Cl)c21. The van der Waals surface area contributed by atoms with Crippen LogP contribution in [0.25, 0.3) is 0 Å². The van der Waals surface area contributed by atoms with Crippen molar-refractivity contribution < 1.29 is 9.59 Å². The molecule has 2 aromatic carbocycles. The van der Waals surface area contributed by atoms with Gasteiger partial charge in [-0.05, 0) is 24.3 Å². The number of halogens is 1. The molecule has 2 aliphatic heterocycles. The van der Waals surface area contributed by atoms with Crippen molar-refractivity contribution in [2.45, 2.75) is 23.4 Å². The maximum absolute atomic E-state index is 12.5. The molecular weight excluding hydrogens is 382 g/mol. The molecule has 0 unspecified atom stereocenters. The number of nitrogens with zero attached hydrogens (tertiary/aromatic N) is 1. The fourth-order valence-corrected chi connectivity index (χ4v) is 4.65. The minimum Gasteiger partial charge on any atom is -0.362 e. The van der Waals surface area contributed by atoms with Crippen LogP contribution in [-0.4, -0.2) is 41.2 Å². The molecule has 2 amide bonds. The lowest BCUT2D eigenvalue weighted by molar-refractivity contribution is -0.129. The second-order valence-electron chi connectivity index (χ2n) is 6.81. The quantitative estimate of drug-likeness (QED) is 0.771. The molecule has 1 spiro atoms. The first-order valence-electron chi connectivity index (χ1n) is 8.91. The van der Waals surface area contributed by atoms with Gasteiger partial charge in [-0.15, -0.1) is 11.8 Å². The number of piperidine rings is 1. The summed E-state index contributed by atoms with van der Waals surface area (Å²) in [5, 5.41) is 6.95. The largest absolute Gasteiger partial charge is 0.362 e. The average Bonchev–Trinajstić information content (AvgIpc) is 2.67. The van der Waals surface area contributed by atoms with E-state index in [1.807, 2.05) is 47.4 Å². The van der Waals surface area contributed by atoms with E-state index in [9.17, 15) is 9.59 Å². The van der Waals surface area contributed by atoms with Gasteiger partial charge in [0, 0.05) is 30.8 Å². The van der Waals surface area contributed by atoms with Crippen LogP contribution in [0.1, 0.15) is 23.2 Å². The molecule has 27 heavy (non-hydrogen) atoms. The third-order valence-electron chi connectivity index (χ3n) is 5.04. The predicted molar refractivity (Wildman–Crippen MR) is 108 cm³/mol. The van der Waals surface area contributed by atoms with Crippen LogP contribution in [0.15, 0.2) is 53.4 Å². The summed E-state index contributed by atoms with van der Waals surface area (Å²) in [6.45, 7) is 1.22. The van der Waals surface area contributed by atoms with E-state index >= 15 is 0 Å². The van der Waals surface area contributed by atoms with Gasteiger partial charge in [-0.1, -0.05) is 35.9 Å². The molecule has 0 radical (unpaired) electrons. The van der Waals surface area contributed by atoms with Crippen molar-refractivity contribution >= 4 is 40.9 Å². The second kappa shape index (κ2) is 7.44. The summed E-state index contributed by atoms with van der Waals surface area (Å²) in [7, 11) is 0. The Kier molecular flexibility index (Phi) is 5.02. The zero-order chi connectivity index (χ0) is 18.9. The number of benzene rings is 2. The van der Waals surface area contributed by atoms with Crippen molar-refractivity contribution in [3.63, 3.8) is 0 Å². The summed E-state index contributed by atoms with van der Waals surface area (Å²) in [5.41, 5.74) is 0.728. The number of anilines is 1. The molecule has 2 N–H and O–H groups in total. The summed E-state index contributed by atoms with van der Waals surface area (Å²) in [6, 6.07) is 15.3. The van der Waals surface area contributed by atoms with Crippen molar-refractivity contribution in [3.05, 3.63) is 59.1 Å². The van der Waals surface area contributed by atoms with E-state index in [-0.39, 0.29) is 11.8 Å². The third-order valence-corrected chi connectivity index (χ3v) is 6.35. The van der Waals surface area contributed by atoms with Gasteiger partial charge >= 0.3 is 0 Å². The summed E-state index contributed by atoms with van der Waals surface area (Å²) in [6.07, 6.45) is 1.32. The average molecular weight is 402 g/mol. The minimum atomic E-state index is -0.516. The van der Waals surface area contributed by atoms with E-state index in [1.165, 1.54) is 0 Å². The zero-order valence-corrected chi connectivity index (χ0v) is 16.3. The van der Waals surface area contributed by atoms with Crippen LogP contribution in [0, 0.1) is 0 Å². The number of carbonyl (C=O) groups excluding carboxylic acids is 2. The van der Waals surface area contributed by atoms with Crippen LogP contribution in [0.4, 0.5) is 5.69 Å². The smallest absolute Gasteiger partial charge is 0.256 e. The molecule has 2 heterocycles. The van der Waals surface area contributed by atoms with Crippen LogP contribution in [0.2, 0.25) is 5.02 Å². The van der Waals surface area contributed by atoms with Crippen LogP contribution in [0.3, 0.4) is 0 Å². The molecule has 7 heteroatoms. The molecule has 4 rings (SSSR count). The Morgan fingerprint density at radius 2 is 1.81 bits per heavy atom. The lowest BCUT2D eigenvalue weighted by Gasteiger charge is -2.46. The highest BCUT2D eigenvalue weighted by Crippen LogP contribution is 2.34.